The molecule has 1 N–H and O–H groups in total. The Kier molecular flexibility index (Phi) is 3.98. The van der Waals surface area contributed by atoms with Crippen molar-refractivity contribution in [2.45, 2.75) is 19.1 Å². The molecular weight excluding hydrogens is 264 g/mol. The fourth-order valence-electron chi connectivity index (χ4n) is 1.81. The first-order valence-corrected chi connectivity index (χ1v) is 6.46. The molecule has 2 unspecified atom stereocenters. The SMILES string of the molecule is CC1CN(c2nc(Cl)c(C=O)s2)CC(CO)O1. The number of aromatic nitrogens is 1. The van der Waals surface area contributed by atoms with Gasteiger partial charge in [0.25, 0.3) is 0 Å². The summed E-state index contributed by atoms with van der Waals surface area (Å²) in [6.45, 7) is 3.15. The van der Waals surface area contributed by atoms with Crippen LogP contribution in [0, 0.1) is 0 Å². The van der Waals surface area contributed by atoms with E-state index in [0.29, 0.717) is 29.4 Å². The molecule has 2 rings (SSSR count). The lowest BCUT2D eigenvalue weighted by molar-refractivity contribution is -0.0421. The number of halogens is 1. The van der Waals surface area contributed by atoms with Crippen LogP contribution in [0.3, 0.4) is 0 Å². The highest BCUT2D eigenvalue weighted by Crippen LogP contribution is 2.30. The maximum atomic E-state index is 10.7. The van der Waals surface area contributed by atoms with Gasteiger partial charge in [0.1, 0.15) is 4.88 Å². The predicted octanol–water partition coefficient (Wildman–Crippen LogP) is 1.20. The molecule has 2 atom stereocenters. The van der Waals surface area contributed by atoms with Crippen LogP contribution in [0.1, 0.15) is 16.6 Å². The van der Waals surface area contributed by atoms with Crippen molar-refractivity contribution < 1.29 is 14.6 Å². The number of carbonyl (C=O) groups excluding carboxylic acids is 1. The van der Waals surface area contributed by atoms with Gasteiger partial charge in [0.15, 0.2) is 16.6 Å². The van der Waals surface area contributed by atoms with Gasteiger partial charge in [0.2, 0.25) is 0 Å². The van der Waals surface area contributed by atoms with Gasteiger partial charge in [-0.2, -0.15) is 0 Å². The second-order valence-electron chi connectivity index (χ2n) is 3.93. The van der Waals surface area contributed by atoms with Crippen LogP contribution in [0.5, 0.6) is 0 Å². The Morgan fingerprint density at radius 1 is 1.71 bits per heavy atom. The Labute approximate surface area is 108 Å². The summed E-state index contributed by atoms with van der Waals surface area (Å²) in [7, 11) is 0. The quantitative estimate of drug-likeness (QED) is 0.841. The van der Waals surface area contributed by atoms with Crippen molar-refractivity contribution in [2.24, 2.45) is 0 Å². The van der Waals surface area contributed by atoms with Crippen LogP contribution in [-0.2, 0) is 4.74 Å². The molecule has 0 spiro atoms. The van der Waals surface area contributed by atoms with Crippen LogP contribution >= 0.6 is 22.9 Å². The van der Waals surface area contributed by atoms with Crippen LogP contribution in [-0.4, -0.2) is 48.3 Å². The van der Waals surface area contributed by atoms with Crippen LogP contribution in [0.15, 0.2) is 0 Å². The zero-order valence-corrected chi connectivity index (χ0v) is 10.9. The fourth-order valence-corrected chi connectivity index (χ4v) is 2.89. The smallest absolute Gasteiger partial charge is 0.187 e. The second-order valence-corrected chi connectivity index (χ2v) is 5.29. The molecule has 0 radical (unpaired) electrons. The zero-order valence-electron chi connectivity index (χ0n) is 9.30. The molecule has 0 saturated carbocycles. The molecule has 7 heteroatoms. The first-order chi connectivity index (χ1) is 8.13. The van der Waals surface area contributed by atoms with E-state index in [9.17, 15) is 4.79 Å². The first-order valence-electron chi connectivity index (χ1n) is 5.26. The van der Waals surface area contributed by atoms with E-state index in [0.717, 1.165) is 0 Å². The standard InChI is InChI=1S/C10H13ClN2O3S/c1-6-2-13(3-7(4-14)16-6)10-12-9(11)8(5-15)17-10/h5-7,14H,2-4H2,1H3. The molecule has 17 heavy (non-hydrogen) atoms. The average Bonchev–Trinajstić information content (AvgIpc) is 2.69. The molecule has 1 aromatic heterocycles. The molecule has 5 nitrogen and oxygen atoms in total. The topological polar surface area (TPSA) is 62.7 Å². The van der Waals surface area contributed by atoms with Gasteiger partial charge >= 0.3 is 0 Å². The molecule has 1 saturated heterocycles. The molecule has 1 aromatic rings. The molecule has 0 aliphatic carbocycles. The summed E-state index contributed by atoms with van der Waals surface area (Å²) in [5.41, 5.74) is 0. The van der Waals surface area contributed by atoms with Gasteiger partial charge in [-0.3, -0.25) is 4.79 Å². The highest BCUT2D eigenvalue weighted by Gasteiger charge is 2.27. The summed E-state index contributed by atoms with van der Waals surface area (Å²) >= 11 is 7.09. The number of nitrogens with zero attached hydrogens (tertiary/aromatic N) is 2. The third kappa shape index (κ3) is 2.77. The Morgan fingerprint density at radius 3 is 3.06 bits per heavy atom. The molecule has 94 valence electrons. The van der Waals surface area contributed by atoms with E-state index in [1.807, 2.05) is 11.8 Å². The number of aliphatic hydroxyl groups is 1. The predicted molar refractivity (Wildman–Crippen MR) is 66.1 cm³/mol. The number of thiazole rings is 1. The second kappa shape index (κ2) is 5.30. The summed E-state index contributed by atoms with van der Waals surface area (Å²) in [5.74, 6) is 0. The van der Waals surface area contributed by atoms with Gasteiger partial charge in [-0.05, 0) is 6.92 Å². The van der Waals surface area contributed by atoms with E-state index in [1.165, 1.54) is 11.3 Å². The largest absolute Gasteiger partial charge is 0.394 e. The van der Waals surface area contributed by atoms with E-state index in [-0.39, 0.29) is 24.0 Å². The number of rotatable bonds is 3. The maximum absolute atomic E-state index is 10.7. The molecule has 0 amide bonds. The Bertz CT molecular complexity index is 412. The van der Waals surface area contributed by atoms with Gasteiger partial charge in [-0.1, -0.05) is 22.9 Å². The van der Waals surface area contributed by atoms with Gasteiger partial charge in [-0.25, -0.2) is 4.98 Å². The number of hydrogen-bond donors (Lipinski definition) is 1. The maximum Gasteiger partial charge on any atom is 0.187 e. The van der Waals surface area contributed by atoms with Gasteiger partial charge in [0.05, 0.1) is 18.8 Å². The number of aliphatic hydroxyl groups excluding tert-OH is 1. The average molecular weight is 277 g/mol. The van der Waals surface area contributed by atoms with Crippen molar-refractivity contribution in [1.82, 2.24) is 4.98 Å². The molecular formula is C10H13ClN2O3S. The highest BCUT2D eigenvalue weighted by atomic mass is 35.5. The van der Waals surface area contributed by atoms with Gasteiger partial charge in [0, 0.05) is 13.1 Å². The lowest BCUT2D eigenvalue weighted by atomic mass is 10.2. The Morgan fingerprint density at radius 2 is 2.47 bits per heavy atom. The fraction of sp³-hybridized carbons (Fsp3) is 0.600. The summed E-state index contributed by atoms with van der Waals surface area (Å²) < 4.78 is 5.53. The first kappa shape index (κ1) is 12.8. The normalized spacial score (nSPS) is 25.0. The molecule has 2 heterocycles. The van der Waals surface area contributed by atoms with E-state index < -0.39 is 0 Å². The van der Waals surface area contributed by atoms with Crippen molar-refractivity contribution in [2.75, 3.05) is 24.6 Å². The number of ether oxygens (including phenoxy) is 1. The monoisotopic (exact) mass is 276 g/mol. The van der Waals surface area contributed by atoms with Crippen molar-refractivity contribution in [3.8, 4) is 0 Å². The molecule has 0 aromatic carbocycles. The molecule has 1 aliphatic rings. The van der Waals surface area contributed by atoms with Crippen molar-refractivity contribution in [3.63, 3.8) is 0 Å². The van der Waals surface area contributed by atoms with Crippen LogP contribution in [0.25, 0.3) is 0 Å². The van der Waals surface area contributed by atoms with E-state index in [1.54, 1.807) is 0 Å². The molecule has 1 aliphatic heterocycles. The zero-order chi connectivity index (χ0) is 12.4. The summed E-state index contributed by atoms with van der Waals surface area (Å²) in [4.78, 5) is 17.3. The summed E-state index contributed by atoms with van der Waals surface area (Å²) in [5, 5.41) is 10.1. The molecule has 1 fully saturated rings. The van der Waals surface area contributed by atoms with Gasteiger partial charge < -0.3 is 14.7 Å². The highest BCUT2D eigenvalue weighted by molar-refractivity contribution is 7.17. The minimum atomic E-state index is -0.221. The van der Waals surface area contributed by atoms with E-state index in [2.05, 4.69) is 4.98 Å². The summed E-state index contributed by atoms with van der Waals surface area (Å²) in [6.07, 6.45) is 0.501. The van der Waals surface area contributed by atoms with Crippen molar-refractivity contribution in [3.05, 3.63) is 10.0 Å². The van der Waals surface area contributed by atoms with Crippen LogP contribution < -0.4 is 4.90 Å². The Hall–Kier alpha value is -0.690. The lowest BCUT2D eigenvalue weighted by Crippen LogP contribution is -2.48. The number of morpholine rings is 1. The van der Waals surface area contributed by atoms with E-state index >= 15 is 0 Å². The molecule has 0 bridgehead atoms. The lowest BCUT2D eigenvalue weighted by Gasteiger charge is -2.35. The van der Waals surface area contributed by atoms with Crippen LogP contribution in [0.2, 0.25) is 5.15 Å². The Balaban J connectivity index is 2.17. The van der Waals surface area contributed by atoms with Crippen molar-refractivity contribution >= 4 is 34.4 Å². The van der Waals surface area contributed by atoms with E-state index in [4.69, 9.17) is 21.4 Å². The van der Waals surface area contributed by atoms with Gasteiger partial charge in [-0.15, -0.1) is 0 Å². The third-order valence-corrected chi connectivity index (χ3v) is 3.95. The number of hydrogen-bond acceptors (Lipinski definition) is 6. The van der Waals surface area contributed by atoms with Crippen LogP contribution in [0.4, 0.5) is 5.13 Å². The number of carbonyl (C=O) groups is 1. The number of aldehydes is 1. The number of anilines is 1. The minimum Gasteiger partial charge on any atom is -0.394 e. The van der Waals surface area contributed by atoms with Crippen molar-refractivity contribution in [1.29, 1.82) is 0 Å². The third-order valence-electron chi connectivity index (χ3n) is 2.51. The summed E-state index contributed by atoms with van der Waals surface area (Å²) in [6, 6.07) is 0. The minimum absolute atomic E-state index is 0.0169.